The molecule has 3 aromatic carbocycles. The molecule has 5 rings (SSSR count). The van der Waals surface area contributed by atoms with Gasteiger partial charge in [-0.25, -0.2) is 18.6 Å². The van der Waals surface area contributed by atoms with Crippen LogP contribution in [-0.4, -0.2) is 24.2 Å². The van der Waals surface area contributed by atoms with Gasteiger partial charge >= 0.3 is 5.97 Å². The van der Waals surface area contributed by atoms with E-state index in [4.69, 9.17) is 26.1 Å². The number of ether oxygens (including phenoxy) is 2. The standard InChI is InChI=1S/C28H20ClF2NO3/c29-21-7-5-9-22(30)20(21)16-17-12-13-19-26(18-6-1-3-10-24(18)32-27(17)19)28(33)35-15-14-34-25-11-4-2-8-23(25)31/h1-11,16H,12-15H2. The summed E-state index contributed by atoms with van der Waals surface area (Å²) >= 11 is 6.22. The molecule has 0 unspecified atom stereocenters. The molecule has 1 heterocycles. The van der Waals surface area contributed by atoms with Crippen LogP contribution < -0.4 is 4.74 Å². The van der Waals surface area contributed by atoms with E-state index in [2.05, 4.69) is 0 Å². The summed E-state index contributed by atoms with van der Waals surface area (Å²) in [7, 11) is 0. The molecule has 0 amide bonds. The van der Waals surface area contributed by atoms with Crippen LogP contribution in [0, 0.1) is 11.6 Å². The van der Waals surface area contributed by atoms with Crippen LogP contribution in [0.5, 0.6) is 5.75 Å². The molecule has 7 heteroatoms. The zero-order valence-electron chi connectivity index (χ0n) is 18.6. The molecule has 0 spiro atoms. The van der Waals surface area contributed by atoms with Crippen LogP contribution in [0.4, 0.5) is 8.78 Å². The van der Waals surface area contributed by atoms with E-state index in [0.29, 0.717) is 45.6 Å². The normalized spacial score (nSPS) is 13.7. The molecule has 176 valence electrons. The van der Waals surface area contributed by atoms with Gasteiger partial charge in [-0.15, -0.1) is 0 Å². The number of fused-ring (bicyclic) bond motifs is 2. The van der Waals surface area contributed by atoms with Gasteiger partial charge in [0, 0.05) is 10.9 Å². The Morgan fingerprint density at radius 3 is 2.54 bits per heavy atom. The predicted molar refractivity (Wildman–Crippen MR) is 132 cm³/mol. The minimum atomic E-state index is -0.512. The zero-order chi connectivity index (χ0) is 24.4. The van der Waals surface area contributed by atoms with Crippen molar-refractivity contribution >= 4 is 40.1 Å². The van der Waals surface area contributed by atoms with Gasteiger partial charge in [-0.2, -0.15) is 0 Å². The summed E-state index contributed by atoms with van der Waals surface area (Å²) in [5.74, 6) is -1.32. The van der Waals surface area contributed by atoms with Crippen LogP contribution in [0.1, 0.15) is 33.6 Å². The molecule has 0 saturated carbocycles. The summed E-state index contributed by atoms with van der Waals surface area (Å²) in [5, 5.41) is 0.984. The number of aromatic nitrogens is 1. The molecule has 0 atom stereocenters. The Morgan fingerprint density at radius 1 is 0.943 bits per heavy atom. The summed E-state index contributed by atoms with van der Waals surface area (Å²) in [6.45, 7) is -0.0407. The van der Waals surface area contributed by atoms with Crippen molar-refractivity contribution in [2.24, 2.45) is 0 Å². The lowest BCUT2D eigenvalue weighted by Gasteiger charge is -2.13. The number of hydrogen-bond acceptors (Lipinski definition) is 4. The van der Waals surface area contributed by atoms with Gasteiger partial charge in [0.1, 0.15) is 19.0 Å². The Bertz CT molecular complexity index is 1450. The summed E-state index contributed by atoms with van der Waals surface area (Å²) in [6.07, 6.45) is 2.84. The molecule has 35 heavy (non-hydrogen) atoms. The van der Waals surface area contributed by atoms with Crippen LogP contribution in [-0.2, 0) is 11.2 Å². The largest absolute Gasteiger partial charge is 0.487 e. The van der Waals surface area contributed by atoms with Gasteiger partial charge in [0.15, 0.2) is 11.6 Å². The minimum absolute atomic E-state index is 0.00875. The highest BCUT2D eigenvalue weighted by molar-refractivity contribution is 6.32. The highest BCUT2D eigenvalue weighted by Crippen LogP contribution is 2.38. The van der Waals surface area contributed by atoms with Gasteiger partial charge in [-0.3, -0.25) is 0 Å². The molecule has 0 saturated heterocycles. The molecule has 1 aliphatic rings. The number of halogens is 3. The van der Waals surface area contributed by atoms with E-state index >= 15 is 0 Å². The van der Waals surface area contributed by atoms with Crippen LogP contribution in [0.2, 0.25) is 5.02 Å². The fourth-order valence-electron chi connectivity index (χ4n) is 4.25. The van der Waals surface area contributed by atoms with Gasteiger partial charge in [-0.05, 0) is 60.4 Å². The number of carbonyl (C=O) groups is 1. The predicted octanol–water partition coefficient (Wildman–Crippen LogP) is 6.89. The fourth-order valence-corrected chi connectivity index (χ4v) is 4.47. The van der Waals surface area contributed by atoms with Crippen LogP contribution in [0.15, 0.2) is 66.7 Å². The zero-order valence-corrected chi connectivity index (χ0v) is 19.3. The van der Waals surface area contributed by atoms with E-state index in [1.165, 1.54) is 18.2 Å². The lowest BCUT2D eigenvalue weighted by atomic mass is 10.0. The van der Waals surface area contributed by atoms with Crippen LogP contribution in [0.25, 0.3) is 22.6 Å². The first-order valence-electron chi connectivity index (χ1n) is 11.1. The number of esters is 1. The highest BCUT2D eigenvalue weighted by atomic mass is 35.5. The van der Waals surface area contributed by atoms with Crippen molar-refractivity contribution in [1.82, 2.24) is 4.98 Å². The van der Waals surface area contributed by atoms with E-state index in [1.807, 2.05) is 24.3 Å². The molecule has 0 aliphatic heterocycles. The first-order chi connectivity index (χ1) is 17.0. The van der Waals surface area contributed by atoms with Crippen molar-refractivity contribution in [3.8, 4) is 5.75 Å². The van der Waals surface area contributed by atoms with Crippen molar-refractivity contribution in [2.75, 3.05) is 13.2 Å². The maximum atomic E-state index is 14.4. The second-order valence-corrected chi connectivity index (χ2v) is 8.46. The summed E-state index contributed by atoms with van der Waals surface area (Å²) in [5.41, 5.74) is 3.55. The quantitative estimate of drug-likeness (QED) is 0.218. The van der Waals surface area contributed by atoms with Gasteiger partial charge in [0.25, 0.3) is 0 Å². The number of benzene rings is 3. The Hall–Kier alpha value is -3.77. The number of pyridine rings is 1. The second-order valence-electron chi connectivity index (χ2n) is 8.05. The first kappa shape index (κ1) is 23.0. The number of rotatable bonds is 6. The summed E-state index contributed by atoms with van der Waals surface area (Å²) in [6, 6.07) is 17.9. The number of hydrogen-bond donors (Lipinski definition) is 0. The van der Waals surface area contributed by atoms with Crippen molar-refractivity contribution in [3.63, 3.8) is 0 Å². The third kappa shape index (κ3) is 4.62. The van der Waals surface area contributed by atoms with E-state index in [1.54, 1.807) is 30.3 Å². The summed E-state index contributed by atoms with van der Waals surface area (Å²) in [4.78, 5) is 18.0. The van der Waals surface area contributed by atoms with Crippen molar-refractivity contribution in [1.29, 1.82) is 0 Å². The van der Waals surface area contributed by atoms with Gasteiger partial charge in [-0.1, -0.05) is 48.0 Å². The molecular weight excluding hydrogens is 472 g/mol. The van der Waals surface area contributed by atoms with E-state index in [-0.39, 0.29) is 19.0 Å². The lowest BCUT2D eigenvalue weighted by Crippen LogP contribution is -2.15. The SMILES string of the molecule is O=C(OCCOc1ccccc1F)c1c2c(nc3ccccc13)C(=Cc1c(F)cccc1Cl)CC2. The van der Waals surface area contributed by atoms with Gasteiger partial charge in [0.2, 0.25) is 0 Å². The van der Waals surface area contributed by atoms with Crippen molar-refractivity contribution in [2.45, 2.75) is 12.8 Å². The smallest absolute Gasteiger partial charge is 0.339 e. The van der Waals surface area contributed by atoms with E-state index < -0.39 is 17.6 Å². The minimum Gasteiger partial charge on any atom is -0.487 e. The molecule has 0 N–H and O–H groups in total. The molecule has 0 fully saturated rings. The van der Waals surface area contributed by atoms with Crippen molar-refractivity contribution < 1.29 is 23.0 Å². The van der Waals surface area contributed by atoms with Gasteiger partial charge in [0.05, 0.1) is 21.8 Å². The van der Waals surface area contributed by atoms with Crippen LogP contribution >= 0.6 is 11.6 Å². The second kappa shape index (κ2) is 9.84. The average molecular weight is 492 g/mol. The third-order valence-electron chi connectivity index (χ3n) is 5.87. The average Bonchev–Trinajstić information content (AvgIpc) is 3.25. The molecule has 4 aromatic rings. The number of para-hydroxylation sites is 2. The molecule has 0 radical (unpaired) electrons. The maximum Gasteiger partial charge on any atom is 0.339 e. The number of allylic oxidation sites excluding steroid dienone is 1. The Kier molecular flexibility index (Phi) is 6.47. The highest BCUT2D eigenvalue weighted by Gasteiger charge is 2.28. The molecule has 1 aromatic heterocycles. The van der Waals surface area contributed by atoms with Gasteiger partial charge < -0.3 is 9.47 Å². The third-order valence-corrected chi connectivity index (χ3v) is 6.20. The monoisotopic (exact) mass is 491 g/mol. The Morgan fingerprint density at radius 2 is 1.71 bits per heavy atom. The Balaban J connectivity index is 1.44. The molecule has 4 nitrogen and oxygen atoms in total. The maximum absolute atomic E-state index is 14.4. The molecular formula is C28H20ClF2NO3. The fraction of sp³-hybridized carbons (Fsp3) is 0.143. The molecule has 1 aliphatic carbocycles. The van der Waals surface area contributed by atoms with E-state index in [9.17, 15) is 13.6 Å². The number of nitrogens with zero attached hydrogens (tertiary/aromatic N) is 1. The lowest BCUT2D eigenvalue weighted by molar-refractivity contribution is 0.0449. The van der Waals surface area contributed by atoms with Crippen LogP contribution in [0.3, 0.4) is 0 Å². The first-order valence-corrected chi connectivity index (χ1v) is 11.5. The Labute approximate surface area is 205 Å². The van der Waals surface area contributed by atoms with E-state index in [0.717, 1.165) is 11.1 Å². The summed E-state index contributed by atoms with van der Waals surface area (Å²) < 4.78 is 39.0. The number of carbonyl (C=O) groups excluding carboxylic acids is 1. The molecule has 0 bridgehead atoms. The topological polar surface area (TPSA) is 48.4 Å². The van der Waals surface area contributed by atoms with Crippen molar-refractivity contribution in [3.05, 3.63) is 106 Å².